The number of nitrogens with one attached hydrogen (secondary N) is 1. The fourth-order valence-corrected chi connectivity index (χ4v) is 3.24. The number of methoxy groups -OCH3 is 1. The molecule has 0 heterocycles. The summed E-state index contributed by atoms with van der Waals surface area (Å²) in [5.41, 5.74) is 2.52. The summed E-state index contributed by atoms with van der Waals surface area (Å²) >= 11 is 1.16. The Morgan fingerprint density at radius 2 is 1.67 bits per heavy atom. The summed E-state index contributed by atoms with van der Waals surface area (Å²) in [5.74, 6) is -0.337. The van der Waals surface area contributed by atoms with Crippen LogP contribution in [0.5, 0.6) is 0 Å². The summed E-state index contributed by atoms with van der Waals surface area (Å²) in [5, 5.41) is 2.89. The van der Waals surface area contributed by atoms with Gasteiger partial charge in [0.1, 0.15) is 0 Å². The summed E-state index contributed by atoms with van der Waals surface area (Å²) in [4.78, 5) is 35.4. The third-order valence-electron chi connectivity index (χ3n) is 3.98. The lowest BCUT2D eigenvalue weighted by atomic mass is 10.00. The minimum atomic E-state index is -0.323. The van der Waals surface area contributed by atoms with Crippen molar-refractivity contribution >= 4 is 34.4 Å². The second kappa shape index (κ2) is 10.5. The highest BCUT2D eigenvalue weighted by Crippen LogP contribution is 2.19. The fourth-order valence-electron chi connectivity index (χ4n) is 2.53. The van der Waals surface area contributed by atoms with Crippen LogP contribution in [-0.4, -0.2) is 29.9 Å². The standard InChI is InChI=1S/C21H23NO4S/c1-15(23)27-14-18(12-16-6-4-3-5-7-16)21(25)22-19-10-8-17(9-11-19)13-20(24)26-2/h3-11,18H,12-14H2,1-2H3,(H,22,25). The minimum Gasteiger partial charge on any atom is -0.469 e. The van der Waals surface area contributed by atoms with Gasteiger partial charge < -0.3 is 10.1 Å². The van der Waals surface area contributed by atoms with Crippen molar-refractivity contribution in [1.82, 2.24) is 0 Å². The molecule has 0 bridgehead atoms. The number of carbonyl (C=O) groups is 3. The molecule has 1 N–H and O–H groups in total. The van der Waals surface area contributed by atoms with Crippen LogP contribution in [0.25, 0.3) is 0 Å². The number of hydrogen-bond donors (Lipinski definition) is 1. The molecular formula is C21H23NO4S. The van der Waals surface area contributed by atoms with Gasteiger partial charge in [-0.1, -0.05) is 54.2 Å². The van der Waals surface area contributed by atoms with Gasteiger partial charge >= 0.3 is 5.97 Å². The lowest BCUT2D eigenvalue weighted by molar-refractivity contribution is -0.139. The minimum absolute atomic E-state index is 0.00646. The zero-order chi connectivity index (χ0) is 19.6. The molecule has 142 valence electrons. The second-order valence-electron chi connectivity index (χ2n) is 6.13. The third kappa shape index (κ3) is 7.27. The number of esters is 1. The van der Waals surface area contributed by atoms with E-state index < -0.39 is 0 Å². The van der Waals surface area contributed by atoms with E-state index in [4.69, 9.17) is 0 Å². The molecule has 0 aromatic heterocycles. The normalized spacial score (nSPS) is 11.5. The number of thioether (sulfide) groups is 1. The molecule has 1 amide bonds. The Morgan fingerprint density at radius 1 is 1.00 bits per heavy atom. The van der Waals surface area contributed by atoms with Gasteiger partial charge in [0.05, 0.1) is 19.4 Å². The zero-order valence-electron chi connectivity index (χ0n) is 15.4. The van der Waals surface area contributed by atoms with Crippen LogP contribution in [0.4, 0.5) is 5.69 Å². The van der Waals surface area contributed by atoms with Gasteiger partial charge in [-0.3, -0.25) is 14.4 Å². The van der Waals surface area contributed by atoms with Crippen LogP contribution in [0.1, 0.15) is 18.1 Å². The molecule has 0 spiro atoms. The molecule has 6 heteroatoms. The van der Waals surface area contributed by atoms with Gasteiger partial charge in [0.2, 0.25) is 5.91 Å². The van der Waals surface area contributed by atoms with E-state index in [2.05, 4.69) is 10.1 Å². The van der Waals surface area contributed by atoms with Gasteiger partial charge in [-0.25, -0.2) is 0 Å². The topological polar surface area (TPSA) is 72.5 Å². The molecule has 2 aromatic carbocycles. The number of ether oxygens (including phenoxy) is 1. The molecule has 0 fully saturated rings. The largest absolute Gasteiger partial charge is 0.469 e. The number of anilines is 1. The molecule has 1 unspecified atom stereocenters. The van der Waals surface area contributed by atoms with Gasteiger partial charge in [0, 0.05) is 18.4 Å². The average molecular weight is 385 g/mol. The van der Waals surface area contributed by atoms with Crippen LogP contribution in [-0.2, 0) is 32.0 Å². The Labute approximate surface area is 163 Å². The van der Waals surface area contributed by atoms with E-state index in [0.29, 0.717) is 17.9 Å². The van der Waals surface area contributed by atoms with E-state index in [1.54, 1.807) is 24.3 Å². The highest BCUT2D eigenvalue weighted by atomic mass is 32.2. The van der Waals surface area contributed by atoms with Crippen LogP contribution >= 0.6 is 11.8 Å². The zero-order valence-corrected chi connectivity index (χ0v) is 16.3. The van der Waals surface area contributed by atoms with Crippen molar-refractivity contribution in [3.8, 4) is 0 Å². The number of amides is 1. The number of rotatable bonds is 8. The van der Waals surface area contributed by atoms with Crippen LogP contribution in [0.3, 0.4) is 0 Å². The van der Waals surface area contributed by atoms with E-state index in [1.807, 2.05) is 30.3 Å². The van der Waals surface area contributed by atoms with Crippen molar-refractivity contribution < 1.29 is 19.1 Å². The second-order valence-corrected chi connectivity index (χ2v) is 7.33. The van der Waals surface area contributed by atoms with Gasteiger partial charge in [0.25, 0.3) is 0 Å². The molecule has 0 aliphatic carbocycles. The molecule has 5 nitrogen and oxygen atoms in total. The number of hydrogen-bond acceptors (Lipinski definition) is 5. The first-order chi connectivity index (χ1) is 13.0. The van der Waals surface area contributed by atoms with Gasteiger partial charge in [-0.2, -0.15) is 0 Å². The first-order valence-electron chi connectivity index (χ1n) is 8.62. The highest BCUT2D eigenvalue weighted by Gasteiger charge is 2.20. The Morgan fingerprint density at radius 3 is 2.26 bits per heavy atom. The summed E-state index contributed by atoms with van der Waals surface area (Å²) in [6, 6.07) is 16.8. The van der Waals surface area contributed by atoms with Crippen molar-refractivity contribution in [2.75, 3.05) is 18.2 Å². The van der Waals surface area contributed by atoms with Crippen molar-refractivity contribution in [1.29, 1.82) is 0 Å². The molecule has 0 aliphatic heterocycles. The molecule has 27 heavy (non-hydrogen) atoms. The molecule has 0 saturated carbocycles. The summed E-state index contributed by atoms with van der Waals surface area (Å²) in [7, 11) is 1.35. The van der Waals surface area contributed by atoms with Crippen molar-refractivity contribution in [3.05, 3.63) is 65.7 Å². The number of carbonyl (C=O) groups excluding carboxylic acids is 3. The average Bonchev–Trinajstić information content (AvgIpc) is 2.67. The van der Waals surface area contributed by atoms with Crippen LogP contribution in [0.2, 0.25) is 0 Å². The van der Waals surface area contributed by atoms with Crippen LogP contribution in [0.15, 0.2) is 54.6 Å². The molecule has 1 atom stereocenters. The molecular weight excluding hydrogens is 362 g/mol. The molecule has 2 aromatic rings. The third-order valence-corrected chi connectivity index (χ3v) is 4.96. The molecule has 0 saturated heterocycles. The van der Waals surface area contributed by atoms with Crippen molar-refractivity contribution in [2.24, 2.45) is 5.92 Å². The first-order valence-corrected chi connectivity index (χ1v) is 9.60. The molecule has 0 aliphatic rings. The SMILES string of the molecule is COC(=O)Cc1ccc(NC(=O)C(CSC(C)=O)Cc2ccccc2)cc1. The maximum absolute atomic E-state index is 12.7. The summed E-state index contributed by atoms with van der Waals surface area (Å²) in [6.45, 7) is 1.50. The summed E-state index contributed by atoms with van der Waals surface area (Å²) in [6.07, 6.45) is 0.754. The molecule has 2 rings (SSSR count). The maximum Gasteiger partial charge on any atom is 0.309 e. The Balaban J connectivity index is 2.03. The lowest BCUT2D eigenvalue weighted by Gasteiger charge is -2.16. The number of benzene rings is 2. The van der Waals surface area contributed by atoms with Crippen molar-refractivity contribution in [3.63, 3.8) is 0 Å². The van der Waals surface area contributed by atoms with E-state index in [9.17, 15) is 14.4 Å². The van der Waals surface area contributed by atoms with Crippen molar-refractivity contribution in [2.45, 2.75) is 19.8 Å². The van der Waals surface area contributed by atoms with Gasteiger partial charge in [-0.15, -0.1) is 0 Å². The monoisotopic (exact) mass is 385 g/mol. The first kappa shape index (κ1) is 20.7. The van der Waals surface area contributed by atoms with E-state index in [-0.39, 0.29) is 29.3 Å². The Kier molecular flexibility index (Phi) is 8.07. The molecule has 0 radical (unpaired) electrons. The van der Waals surface area contributed by atoms with Gasteiger partial charge in [0.15, 0.2) is 5.12 Å². The summed E-state index contributed by atoms with van der Waals surface area (Å²) < 4.78 is 4.64. The maximum atomic E-state index is 12.7. The predicted octanol–water partition coefficient (Wildman–Crippen LogP) is 3.48. The van der Waals surface area contributed by atoms with E-state index in [1.165, 1.54) is 14.0 Å². The van der Waals surface area contributed by atoms with Crippen LogP contribution < -0.4 is 5.32 Å². The van der Waals surface area contributed by atoms with Crippen LogP contribution in [0, 0.1) is 5.92 Å². The predicted molar refractivity (Wildman–Crippen MR) is 108 cm³/mol. The highest BCUT2D eigenvalue weighted by molar-refractivity contribution is 8.13. The Bertz CT molecular complexity index is 775. The Hall–Kier alpha value is -2.60. The van der Waals surface area contributed by atoms with E-state index >= 15 is 0 Å². The quantitative estimate of drug-likeness (QED) is 0.705. The van der Waals surface area contributed by atoms with E-state index in [0.717, 1.165) is 22.9 Å². The lowest BCUT2D eigenvalue weighted by Crippen LogP contribution is -2.27. The fraction of sp³-hybridized carbons (Fsp3) is 0.286. The smallest absolute Gasteiger partial charge is 0.309 e. The van der Waals surface area contributed by atoms with Gasteiger partial charge in [-0.05, 0) is 29.7 Å².